The highest BCUT2D eigenvalue weighted by molar-refractivity contribution is 5.64. The van der Waals surface area contributed by atoms with Crippen LogP contribution in [0.15, 0.2) is 97.1 Å². The van der Waals surface area contributed by atoms with E-state index in [9.17, 15) is 0 Å². The van der Waals surface area contributed by atoms with Gasteiger partial charge in [-0.25, -0.2) is 0 Å². The molecule has 0 N–H and O–H groups in total. The highest BCUT2D eigenvalue weighted by Gasteiger charge is 2.01. The van der Waals surface area contributed by atoms with Crippen molar-refractivity contribution in [3.8, 4) is 22.3 Å². The van der Waals surface area contributed by atoms with Gasteiger partial charge in [-0.05, 0) is 66.5 Å². The van der Waals surface area contributed by atoms with Crippen LogP contribution in [0.1, 0.15) is 28.7 Å². The highest BCUT2D eigenvalue weighted by atomic mass is 14.1. The molecule has 0 aliphatic rings. The maximum absolute atomic E-state index is 2.27. The molecule has 0 nitrogen and oxygen atoms in total. The fraction of sp³-hybridized carbons (Fsp3) is 0.172. The molecule has 0 fully saturated rings. The van der Waals surface area contributed by atoms with Gasteiger partial charge < -0.3 is 0 Å². The van der Waals surface area contributed by atoms with E-state index in [-0.39, 0.29) is 0 Å². The van der Waals surface area contributed by atoms with Crippen LogP contribution in [0.5, 0.6) is 0 Å². The van der Waals surface area contributed by atoms with Gasteiger partial charge in [-0.3, -0.25) is 0 Å². The molecule has 4 rings (SSSR count). The van der Waals surface area contributed by atoms with Crippen LogP contribution in [0.3, 0.4) is 0 Å². The Labute approximate surface area is 174 Å². The summed E-state index contributed by atoms with van der Waals surface area (Å²) < 4.78 is 0. The lowest BCUT2D eigenvalue weighted by Crippen LogP contribution is -1.91. The minimum Gasteiger partial charge on any atom is -0.0587 e. The SMILES string of the molecule is Cc1ccc(-c2ccc(CCCc3ccc(-c4ccc(C)cc4)cc3)cc2)cc1. The smallest absolute Gasteiger partial charge is 0.0184 e. The number of hydrogen-bond acceptors (Lipinski definition) is 0. The van der Waals surface area contributed by atoms with Crippen LogP contribution in [0.4, 0.5) is 0 Å². The fourth-order valence-corrected chi connectivity index (χ4v) is 3.72. The maximum Gasteiger partial charge on any atom is -0.0184 e. The van der Waals surface area contributed by atoms with Crippen molar-refractivity contribution in [1.82, 2.24) is 0 Å². The molecule has 0 saturated heterocycles. The fourth-order valence-electron chi connectivity index (χ4n) is 3.72. The van der Waals surface area contributed by atoms with Crippen LogP contribution >= 0.6 is 0 Å². The Morgan fingerprint density at radius 1 is 0.379 bits per heavy atom. The van der Waals surface area contributed by atoms with Gasteiger partial charge in [0.15, 0.2) is 0 Å². The summed E-state index contributed by atoms with van der Waals surface area (Å²) in [6, 6.07) is 35.6. The molecule has 0 aliphatic carbocycles. The molecular weight excluding hydrogens is 348 g/mol. The van der Waals surface area contributed by atoms with Crippen molar-refractivity contribution >= 4 is 0 Å². The molecule has 0 aromatic heterocycles. The Morgan fingerprint density at radius 3 is 0.966 bits per heavy atom. The standard InChI is InChI=1S/C29H28/c1-22-6-14-26(15-7-22)28-18-10-24(11-19-28)4-3-5-25-12-20-29(21-13-25)27-16-8-23(2)9-17-27/h6-21H,3-5H2,1-2H3. The number of rotatable bonds is 6. The van der Waals surface area contributed by atoms with E-state index in [1.807, 2.05) is 0 Å². The zero-order valence-corrected chi connectivity index (χ0v) is 17.4. The van der Waals surface area contributed by atoms with Crippen molar-refractivity contribution in [3.63, 3.8) is 0 Å². The van der Waals surface area contributed by atoms with Gasteiger partial charge in [-0.1, -0.05) is 108 Å². The van der Waals surface area contributed by atoms with E-state index in [2.05, 4.69) is 111 Å². The first-order chi connectivity index (χ1) is 14.2. The lowest BCUT2D eigenvalue weighted by Gasteiger charge is -2.07. The predicted octanol–water partition coefficient (Wildman–Crippen LogP) is 7.81. The Balaban J connectivity index is 1.31. The molecule has 4 aromatic rings. The largest absolute Gasteiger partial charge is 0.0587 e. The van der Waals surface area contributed by atoms with Crippen LogP contribution < -0.4 is 0 Å². The Morgan fingerprint density at radius 2 is 0.655 bits per heavy atom. The first kappa shape index (κ1) is 19.2. The minimum atomic E-state index is 1.12. The van der Waals surface area contributed by atoms with E-state index < -0.39 is 0 Å². The molecule has 144 valence electrons. The van der Waals surface area contributed by atoms with Gasteiger partial charge in [0.1, 0.15) is 0 Å². The van der Waals surface area contributed by atoms with Gasteiger partial charge in [-0.15, -0.1) is 0 Å². The second kappa shape index (κ2) is 8.92. The van der Waals surface area contributed by atoms with E-state index in [0.717, 1.165) is 12.8 Å². The van der Waals surface area contributed by atoms with Gasteiger partial charge in [0.05, 0.1) is 0 Å². The lowest BCUT2D eigenvalue weighted by atomic mass is 9.98. The van der Waals surface area contributed by atoms with E-state index in [4.69, 9.17) is 0 Å². The second-order valence-electron chi connectivity index (χ2n) is 7.98. The van der Waals surface area contributed by atoms with E-state index >= 15 is 0 Å². The normalized spacial score (nSPS) is 10.8. The van der Waals surface area contributed by atoms with Crippen LogP contribution in [-0.2, 0) is 12.8 Å². The molecular formula is C29H28. The van der Waals surface area contributed by atoms with Crippen LogP contribution in [0.2, 0.25) is 0 Å². The summed E-state index contributed by atoms with van der Waals surface area (Å²) in [7, 11) is 0. The molecule has 0 atom stereocenters. The monoisotopic (exact) mass is 376 g/mol. The highest BCUT2D eigenvalue weighted by Crippen LogP contribution is 2.22. The van der Waals surface area contributed by atoms with Crippen molar-refractivity contribution in [3.05, 3.63) is 119 Å². The second-order valence-corrected chi connectivity index (χ2v) is 7.98. The molecule has 0 unspecified atom stereocenters. The summed E-state index contributed by atoms with van der Waals surface area (Å²) in [6.07, 6.45) is 3.41. The van der Waals surface area contributed by atoms with Crippen molar-refractivity contribution in [2.45, 2.75) is 33.1 Å². The summed E-state index contributed by atoms with van der Waals surface area (Å²) in [4.78, 5) is 0. The van der Waals surface area contributed by atoms with Crippen molar-refractivity contribution in [1.29, 1.82) is 0 Å². The molecule has 0 bridgehead atoms. The predicted molar refractivity (Wildman–Crippen MR) is 125 cm³/mol. The number of hydrogen-bond donors (Lipinski definition) is 0. The number of aryl methyl sites for hydroxylation is 4. The van der Waals surface area contributed by atoms with Gasteiger partial charge in [-0.2, -0.15) is 0 Å². The topological polar surface area (TPSA) is 0 Å². The van der Waals surface area contributed by atoms with Gasteiger partial charge in [0.2, 0.25) is 0 Å². The molecule has 0 aliphatic heterocycles. The summed E-state index contributed by atoms with van der Waals surface area (Å²) in [5.74, 6) is 0. The Bertz CT molecular complexity index is 946. The van der Waals surface area contributed by atoms with E-state index in [0.29, 0.717) is 0 Å². The first-order valence-electron chi connectivity index (χ1n) is 10.5. The summed E-state index contributed by atoms with van der Waals surface area (Å²) in [5, 5.41) is 0. The average Bonchev–Trinajstić information content (AvgIpc) is 2.76. The zero-order chi connectivity index (χ0) is 20.1. The van der Waals surface area contributed by atoms with E-state index in [1.54, 1.807) is 0 Å². The summed E-state index contributed by atoms with van der Waals surface area (Å²) in [5.41, 5.74) is 10.6. The maximum atomic E-state index is 2.27. The third kappa shape index (κ3) is 5.03. The van der Waals surface area contributed by atoms with E-state index in [1.165, 1.54) is 50.9 Å². The first-order valence-corrected chi connectivity index (χ1v) is 10.5. The lowest BCUT2D eigenvalue weighted by molar-refractivity contribution is 0.821. The van der Waals surface area contributed by atoms with Gasteiger partial charge in [0.25, 0.3) is 0 Å². The van der Waals surface area contributed by atoms with Crippen molar-refractivity contribution in [2.24, 2.45) is 0 Å². The zero-order valence-electron chi connectivity index (χ0n) is 17.4. The minimum absolute atomic E-state index is 1.12. The molecule has 0 radical (unpaired) electrons. The molecule has 4 aromatic carbocycles. The quantitative estimate of drug-likeness (QED) is 0.322. The molecule has 0 saturated carbocycles. The molecule has 0 heterocycles. The average molecular weight is 377 g/mol. The van der Waals surface area contributed by atoms with Crippen LogP contribution in [0, 0.1) is 13.8 Å². The van der Waals surface area contributed by atoms with Crippen LogP contribution in [-0.4, -0.2) is 0 Å². The Kier molecular flexibility index (Phi) is 5.91. The molecule has 0 spiro atoms. The van der Waals surface area contributed by atoms with Gasteiger partial charge in [0, 0.05) is 0 Å². The third-order valence-electron chi connectivity index (χ3n) is 5.61. The number of benzene rings is 4. The van der Waals surface area contributed by atoms with Gasteiger partial charge >= 0.3 is 0 Å². The molecule has 0 heteroatoms. The molecule has 0 amide bonds. The summed E-state index contributed by atoms with van der Waals surface area (Å²) >= 11 is 0. The van der Waals surface area contributed by atoms with Crippen LogP contribution in [0.25, 0.3) is 22.3 Å². The third-order valence-corrected chi connectivity index (χ3v) is 5.61. The Hall–Kier alpha value is -3.12. The summed E-state index contributed by atoms with van der Waals surface area (Å²) in [6.45, 7) is 4.26. The van der Waals surface area contributed by atoms with Crippen molar-refractivity contribution < 1.29 is 0 Å². The molecule has 29 heavy (non-hydrogen) atoms. The van der Waals surface area contributed by atoms with Crippen molar-refractivity contribution in [2.75, 3.05) is 0 Å².